The molecule has 0 fully saturated rings. The third-order valence-electron chi connectivity index (χ3n) is 4.65. The lowest BCUT2D eigenvalue weighted by atomic mass is 9.86. The molecule has 0 spiro atoms. The van der Waals surface area contributed by atoms with E-state index in [2.05, 4.69) is 15.3 Å². The van der Waals surface area contributed by atoms with Crippen LogP contribution in [0.5, 0.6) is 11.5 Å². The van der Waals surface area contributed by atoms with Crippen LogP contribution in [0.25, 0.3) is 0 Å². The van der Waals surface area contributed by atoms with E-state index in [9.17, 15) is 19.8 Å². The van der Waals surface area contributed by atoms with Crippen LogP contribution in [0.15, 0.2) is 52.4 Å². The van der Waals surface area contributed by atoms with Crippen LogP contribution >= 0.6 is 23.4 Å². The number of anilines is 1. The molecule has 1 atom stereocenters. The normalized spacial score (nSPS) is 15.6. The Morgan fingerprint density at radius 2 is 1.93 bits per heavy atom. The van der Waals surface area contributed by atoms with E-state index >= 15 is 0 Å². The van der Waals surface area contributed by atoms with E-state index in [-0.39, 0.29) is 35.2 Å². The van der Waals surface area contributed by atoms with Crippen molar-refractivity contribution in [1.82, 2.24) is 9.97 Å². The van der Waals surface area contributed by atoms with Gasteiger partial charge in [0.05, 0.1) is 5.56 Å². The Morgan fingerprint density at radius 3 is 2.69 bits per heavy atom. The van der Waals surface area contributed by atoms with Crippen molar-refractivity contribution < 1.29 is 15.0 Å². The van der Waals surface area contributed by atoms with Crippen molar-refractivity contribution in [3.8, 4) is 11.5 Å². The molecule has 4 N–H and O–H groups in total. The van der Waals surface area contributed by atoms with Crippen LogP contribution in [0.4, 0.5) is 5.82 Å². The lowest BCUT2D eigenvalue weighted by Gasteiger charge is -2.24. The molecule has 148 valence electrons. The Morgan fingerprint density at radius 1 is 1.14 bits per heavy atom. The predicted octanol–water partition coefficient (Wildman–Crippen LogP) is 3.60. The van der Waals surface area contributed by atoms with Crippen molar-refractivity contribution in [2.45, 2.75) is 23.2 Å². The summed E-state index contributed by atoms with van der Waals surface area (Å²) in [5, 5.41) is 23.0. The molecule has 0 saturated heterocycles. The van der Waals surface area contributed by atoms with Crippen LogP contribution < -0.4 is 10.9 Å². The summed E-state index contributed by atoms with van der Waals surface area (Å²) < 4.78 is 0. The van der Waals surface area contributed by atoms with Crippen LogP contribution in [-0.2, 0) is 10.5 Å². The van der Waals surface area contributed by atoms with Gasteiger partial charge in [-0.3, -0.25) is 9.59 Å². The molecule has 1 amide bonds. The molecule has 2 heterocycles. The van der Waals surface area contributed by atoms with Gasteiger partial charge in [-0.05, 0) is 29.3 Å². The third-order valence-corrected chi connectivity index (χ3v) is 5.94. The maximum Gasteiger partial charge on any atom is 0.257 e. The van der Waals surface area contributed by atoms with Gasteiger partial charge < -0.3 is 20.5 Å². The minimum absolute atomic E-state index is 0.0358. The monoisotopic (exact) mass is 429 g/mol. The highest BCUT2D eigenvalue weighted by Crippen LogP contribution is 2.37. The number of hydrogen-bond acceptors (Lipinski definition) is 6. The number of phenolic OH excluding ortho intramolecular Hbond substituents is 2. The Balaban J connectivity index is 1.67. The summed E-state index contributed by atoms with van der Waals surface area (Å²) in [5.74, 6) is -0.743. The van der Waals surface area contributed by atoms with E-state index in [4.69, 9.17) is 11.6 Å². The van der Waals surface area contributed by atoms with Gasteiger partial charge in [-0.1, -0.05) is 47.6 Å². The zero-order valence-electron chi connectivity index (χ0n) is 15.0. The highest BCUT2D eigenvalue weighted by molar-refractivity contribution is 7.98. The summed E-state index contributed by atoms with van der Waals surface area (Å²) in [6.07, 6.45) is 0.0358. The molecule has 1 aliphatic rings. The number of rotatable bonds is 4. The number of halogens is 1. The van der Waals surface area contributed by atoms with Gasteiger partial charge >= 0.3 is 0 Å². The maximum absolute atomic E-state index is 12.8. The molecule has 1 aliphatic heterocycles. The largest absolute Gasteiger partial charge is 0.504 e. The molecule has 1 unspecified atom stereocenters. The number of hydrogen-bond donors (Lipinski definition) is 4. The lowest BCUT2D eigenvalue weighted by Crippen LogP contribution is -2.31. The van der Waals surface area contributed by atoms with E-state index in [0.29, 0.717) is 27.1 Å². The molecular weight excluding hydrogens is 414 g/mol. The van der Waals surface area contributed by atoms with E-state index < -0.39 is 5.92 Å². The second-order valence-electron chi connectivity index (χ2n) is 6.57. The first kappa shape index (κ1) is 19.4. The molecule has 9 heteroatoms. The molecule has 29 heavy (non-hydrogen) atoms. The number of amides is 1. The second kappa shape index (κ2) is 7.81. The van der Waals surface area contributed by atoms with Crippen molar-refractivity contribution in [2.24, 2.45) is 0 Å². The number of benzene rings is 2. The van der Waals surface area contributed by atoms with Crippen LogP contribution in [0, 0.1) is 0 Å². The van der Waals surface area contributed by atoms with E-state index in [1.54, 1.807) is 12.1 Å². The first-order chi connectivity index (χ1) is 13.9. The van der Waals surface area contributed by atoms with Gasteiger partial charge in [0.2, 0.25) is 5.91 Å². The van der Waals surface area contributed by atoms with Gasteiger partial charge in [0.1, 0.15) is 5.82 Å². The summed E-state index contributed by atoms with van der Waals surface area (Å²) in [6, 6.07) is 11.6. The number of nitrogens with one attached hydrogen (secondary N) is 2. The van der Waals surface area contributed by atoms with Crippen molar-refractivity contribution in [3.05, 3.63) is 74.5 Å². The molecule has 7 nitrogen and oxygen atoms in total. The summed E-state index contributed by atoms with van der Waals surface area (Å²) in [7, 11) is 0. The number of aromatic hydroxyl groups is 2. The molecule has 0 aliphatic carbocycles. The van der Waals surface area contributed by atoms with Crippen molar-refractivity contribution in [1.29, 1.82) is 0 Å². The van der Waals surface area contributed by atoms with Crippen LogP contribution in [0.2, 0.25) is 5.02 Å². The number of H-pyrrole nitrogens is 1. The maximum atomic E-state index is 12.8. The smallest absolute Gasteiger partial charge is 0.257 e. The van der Waals surface area contributed by atoms with Gasteiger partial charge in [0, 0.05) is 23.1 Å². The Hall–Kier alpha value is -2.97. The molecule has 0 bridgehead atoms. The number of aromatic amines is 1. The summed E-state index contributed by atoms with van der Waals surface area (Å²) in [5.41, 5.74) is 1.40. The number of carbonyl (C=O) groups is 1. The molecular formula is C20H16ClN3O4S. The van der Waals surface area contributed by atoms with Crippen molar-refractivity contribution in [3.63, 3.8) is 0 Å². The molecule has 2 aromatic carbocycles. The van der Waals surface area contributed by atoms with Gasteiger partial charge in [0.15, 0.2) is 16.7 Å². The standard InChI is InChI=1S/C20H16ClN3O4S/c21-13-4-2-1-3-11(13)9-29-20-23-18-17(19(28)24-20)12(8-16(27)22-18)10-5-6-14(25)15(26)7-10/h1-7,12,25-26H,8-9H2,(H2,22,23,24,27,28). The van der Waals surface area contributed by atoms with Gasteiger partial charge in [-0.2, -0.15) is 0 Å². The fourth-order valence-electron chi connectivity index (χ4n) is 3.22. The number of aromatic nitrogens is 2. The van der Waals surface area contributed by atoms with Crippen molar-refractivity contribution in [2.75, 3.05) is 5.32 Å². The second-order valence-corrected chi connectivity index (χ2v) is 7.94. The van der Waals surface area contributed by atoms with Crippen LogP contribution in [0.3, 0.4) is 0 Å². The van der Waals surface area contributed by atoms with Gasteiger partial charge in [0.25, 0.3) is 5.56 Å². The molecule has 4 rings (SSSR count). The number of nitrogens with zero attached hydrogens (tertiary/aromatic N) is 1. The quantitative estimate of drug-likeness (QED) is 0.286. The van der Waals surface area contributed by atoms with E-state index in [1.165, 1.54) is 23.9 Å². The summed E-state index contributed by atoms with van der Waals surface area (Å²) in [4.78, 5) is 32.2. The SMILES string of the molecule is O=C1CC(c2ccc(O)c(O)c2)c2c(nc(SCc3ccccc3Cl)[nH]c2=O)N1. The third kappa shape index (κ3) is 3.94. The minimum Gasteiger partial charge on any atom is -0.504 e. The van der Waals surface area contributed by atoms with Crippen molar-refractivity contribution >= 4 is 35.1 Å². The van der Waals surface area contributed by atoms with Gasteiger partial charge in [-0.25, -0.2) is 4.98 Å². The van der Waals surface area contributed by atoms with Crippen LogP contribution in [0.1, 0.15) is 29.0 Å². The Bertz CT molecular complexity index is 1160. The number of phenols is 2. The predicted molar refractivity (Wildman–Crippen MR) is 111 cm³/mol. The average Bonchev–Trinajstić information content (AvgIpc) is 2.68. The first-order valence-electron chi connectivity index (χ1n) is 8.74. The number of fused-ring (bicyclic) bond motifs is 1. The highest BCUT2D eigenvalue weighted by Gasteiger charge is 2.31. The summed E-state index contributed by atoms with van der Waals surface area (Å²) in [6.45, 7) is 0. The fraction of sp³-hybridized carbons (Fsp3) is 0.150. The van der Waals surface area contributed by atoms with E-state index in [0.717, 1.165) is 5.56 Å². The Kier molecular flexibility index (Phi) is 5.21. The van der Waals surface area contributed by atoms with Crippen LogP contribution in [-0.4, -0.2) is 26.1 Å². The zero-order valence-corrected chi connectivity index (χ0v) is 16.5. The number of thioether (sulfide) groups is 1. The van der Waals surface area contributed by atoms with E-state index in [1.807, 2.05) is 18.2 Å². The zero-order chi connectivity index (χ0) is 20.5. The number of carbonyl (C=O) groups excluding carboxylic acids is 1. The molecule has 0 radical (unpaired) electrons. The lowest BCUT2D eigenvalue weighted by molar-refractivity contribution is -0.116. The average molecular weight is 430 g/mol. The van der Waals surface area contributed by atoms with Gasteiger partial charge in [-0.15, -0.1) is 0 Å². The molecule has 1 aromatic heterocycles. The topological polar surface area (TPSA) is 115 Å². The summed E-state index contributed by atoms with van der Waals surface area (Å²) >= 11 is 7.47. The Labute approximate surface area is 174 Å². The first-order valence-corrected chi connectivity index (χ1v) is 10.1. The highest BCUT2D eigenvalue weighted by atomic mass is 35.5. The minimum atomic E-state index is -0.580. The fourth-order valence-corrected chi connectivity index (χ4v) is 4.37. The molecule has 0 saturated carbocycles. The molecule has 3 aromatic rings.